The summed E-state index contributed by atoms with van der Waals surface area (Å²) < 4.78 is 67.4. The second kappa shape index (κ2) is 9.72. The number of alkyl halides is 3. The number of aromatic nitrogens is 1. The van der Waals surface area contributed by atoms with E-state index in [0.717, 1.165) is 38.2 Å². The summed E-state index contributed by atoms with van der Waals surface area (Å²) in [6.07, 6.45) is -1.89. The van der Waals surface area contributed by atoms with Gasteiger partial charge in [0.1, 0.15) is 4.90 Å². The Morgan fingerprint density at radius 2 is 1.96 bits per heavy atom. The third-order valence-corrected chi connectivity index (χ3v) is 5.87. The zero-order valence-corrected chi connectivity index (χ0v) is 16.0. The van der Waals surface area contributed by atoms with Gasteiger partial charge in [-0.1, -0.05) is 6.92 Å². The smallest absolute Gasteiger partial charge is 0.422 e. The summed E-state index contributed by atoms with van der Waals surface area (Å²) in [4.78, 5) is 3.62. The molecule has 2 heterocycles. The first kappa shape index (κ1) is 22.9. The van der Waals surface area contributed by atoms with Crippen molar-refractivity contribution >= 4 is 22.4 Å². The number of nitrogens with one attached hydrogen (secondary N) is 1. The average Bonchev–Trinajstić information content (AvgIpc) is 2.58. The fourth-order valence-electron chi connectivity index (χ4n) is 2.61. The monoisotopic (exact) mass is 417 g/mol. The predicted octanol–water partition coefficient (Wildman–Crippen LogP) is 2.45. The molecule has 6 nitrogen and oxygen atoms in total. The molecule has 0 bridgehead atoms. The molecule has 1 aromatic rings. The molecule has 1 saturated heterocycles. The highest BCUT2D eigenvalue weighted by Gasteiger charge is 2.30. The minimum Gasteiger partial charge on any atom is -0.468 e. The van der Waals surface area contributed by atoms with Crippen LogP contribution < -0.4 is 10.1 Å². The molecular formula is C15H23ClF3N3O3S. The summed E-state index contributed by atoms with van der Waals surface area (Å²) in [5.74, 6) is 0.184. The van der Waals surface area contributed by atoms with Gasteiger partial charge in [0.05, 0.1) is 6.20 Å². The molecule has 150 valence electrons. The molecule has 11 heteroatoms. The maximum absolute atomic E-state index is 12.6. The van der Waals surface area contributed by atoms with Crippen molar-refractivity contribution < 1.29 is 26.3 Å². The van der Waals surface area contributed by atoms with Crippen LogP contribution >= 0.6 is 12.4 Å². The molecule has 1 aromatic heterocycles. The van der Waals surface area contributed by atoms with Gasteiger partial charge in [0.15, 0.2) is 6.61 Å². The Balaban J connectivity index is 0.00000338. The zero-order chi connectivity index (χ0) is 18.5. The summed E-state index contributed by atoms with van der Waals surface area (Å²) in [7, 11) is -3.69. The van der Waals surface area contributed by atoms with Crippen LogP contribution in [-0.4, -0.2) is 56.7 Å². The Morgan fingerprint density at radius 1 is 1.31 bits per heavy atom. The van der Waals surface area contributed by atoms with E-state index >= 15 is 0 Å². The van der Waals surface area contributed by atoms with Gasteiger partial charge in [0.25, 0.3) is 0 Å². The number of sulfonamides is 1. The van der Waals surface area contributed by atoms with Crippen LogP contribution in [0.3, 0.4) is 0 Å². The van der Waals surface area contributed by atoms with Crippen molar-refractivity contribution in [3.05, 3.63) is 18.3 Å². The second-order valence-electron chi connectivity index (χ2n) is 5.89. The van der Waals surface area contributed by atoms with Crippen LogP contribution in [0.15, 0.2) is 23.2 Å². The van der Waals surface area contributed by atoms with Gasteiger partial charge in [-0.15, -0.1) is 12.4 Å². The van der Waals surface area contributed by atoms with Crippen molar-refractivity contribution in [3.8, 4) is 5.88 Å². The molecule has 1 N–H and O–H groups in total. The molecule has 2 rings (SSSR count). The lowest BCUT2D eigenvalue weighted by Crippen LogP contribution is -2.40. The minimum absolute atomic E-state index is 0. The summed E-state index contributed by atoms with van der Waals surface area (Å²) in [5, 5.41) is 3.26. The number of hydrogen-bond donors (Lipinski definition) is 1. The van der Waals surface area contributed by atoms with Gasteiger partial charge in [-0.25, -0.2) is 13.4 Å². The average molecular weight is 418 g/mol. The summed E-state index contributed by atoms with van der Waals surface area (Å²) >= 11 is 0. The SMILES string of the molecule is CCNCC1CCN(S(=O)(=O)c2ccc(OCC(F)(F)F)nc2)CC1.Cl. The second-order valence-corrected chi connectivity index (χ2v) is 7.83. The molecule has 0 spiro atoms. The maximum atomic E-state index is 12.6. The summed E-state index contributed by atoms with van der Waals surface area (Å²) in [5.41, 5.74) is 0. The zero-order valence-electron chi connectivity index (χ0n) is 14.3. The predicted molar refractivity (Wildman–Crippen MR) is 93.1 cm³/mol. The van der Waals surface area contributed by atoms with Crippen molar-refractivity contribution in [2.75, 3.05) is 32.8 Å². The number of piperidine rings is 1. The molecule has 0 saturated carbocycles. The number of pyridine rings is 1. The Hall–Kier alpha value is -1.10. The van der Waals surface area contributed by atoms with Crippen molar-refractivity contribution in [2.24, 2.45) is 5.92 Å². The summed E-state index contributed by atoms with van der Waals surface area (Å²) in [6.45, 7) is 3.15. The standard InChI is InChI=1S/C15H22F3N3O3S.ClH/c1-2-19-9-12-5-7-21(8-6-12)25(22,23)13-3-4-14(20-10-13)24-11-15(16,17)18;/h3-4,10,12,19H,2,5-9,11H2,1H3;1H. The van der Waals surface area contributed by atoms with E-state index in [1.807, 2.05) is 6.92 Å². The first-order chi connectivity index (χ1) is 11.7. The topological polar surface area (TPSA) is 71.5 Å². The highest BCUT2D eigenvalue weighted by Crippen LogP contribution is 2.24. The fourth-order valence-corrected chi connectivity index (χ4v) is 4.03. The summed E-state index contributed by atoms with van der Waals surface area (Å²) in [6, 6.07) is 2.36. The number of hydrogen-bond acceptors (Lipinski definition) is 5. The van der Waals surface area contributed by atoms with E-state index in [0.29, 0.717) is 19.0 Å². The van der Waals surface area contributed by atoms with Gasteiger partial charge in [0.2, 0.25) is 15.9 Å². The van der Waals surface area contributed by atoms with Gasteiger partial charge in [-0.05, 0) is 37.9 Å². The quantitative estimate of drug-likeness (QED) is 0.737. The molecule has 26 heavy (non-hydrogen) atoms. The van der Waals surface area contributed by atoms with Gasteiger partial charge < -0.3 is 10.1 Å². The van der Waals surface area contributed by atoms with Crippen molar-refractivity contribution in [1.29, 1.82) is 0 Å². The van der Waals surface area contributed by atoms with Crippen molar-refractivity contribution in [2.45, 2.75) is 30.8 Å². The van der Waals surface area contributed by atoms with Crippen LogP contribution in [0, 0.1) is 5.92 Å². The van der Waals surface area contributed by atoms with E-state index in [4.69, 9.17) is 0 Å². The van der Waals surface area contributed by atoms with E-state index in [1.54, 1.807) is 0 Å². The van der Waals surface area contributed by atoms with Crippen molar-refractivity contribution in [1.82, 2.24) is 14.6 Å². The Labute approximate surface area is 157 Å². The van der Waals surface area contributed by atoms with Crippen LogP contribution in [0.5, 0.6) is 5.88 Å². The van der Waals surface area contributed by atoms with Gasteiger partial charge in [-0.3, -0.25) is 0 Å². The maximum Gasteiger partial charge on any atom is 0.422 e. The van der Waals surface area contributed by atoms with E-state index < -0.39 is 22.8 Å². The highest BCUT2D eigenvalue weighted by atomic mass is 35.5. The molecule has 0 unspecified atom stereocenters. The van der Waals surface area contributed by atoms with Gasteiger partial charge >= 0.3 is 6.18 Å². The first-order valence-electron chi connectivity index (χ1n) is 8.09. The molecule has 1 aliphatic rings. The lowest BCUT2D eigenvalue weighted by atomic mass is 9.98. The number of nitrogens with zero attached hydrogens (tertiary/aromatic N) is 2. The lowest BCUT2D eigenvalue weighted by molar-refractivity contribution is -0.154. The molecule has 0 aromatic carbocycles. The Morgan fingerprint density at radius 3 is 2.46 bits per heavy atom. The van der Waals surface area contributed by atoms with Crippen LogP contribution in [0.2, 0.25) is 0 Å². The normalized spacial score (nSPS) is 16.9. The molecule has 0 atom stereocenters. The van der Waals surface area contributed by atoms with E-state index in [2.05, 4.69) is 15.0 Å². The molecule has 1 fully saturated rings. The van der Waals surface area contributed by atoms with E-state index in [-0.39, 0.29) is 23.2 Å². The first-order valence-corrected chi connectivity index (χ1v) is 9.53. The van der Waals surface area contributed by atoms with E-state index in [1.165, 1.54) is 10.4 Å². The van der Waals surface area contributed by atoms with Gasteiger partial charge in [-0.2, -0.15) is 17.5 Å². The van der Waals surface area contributed by atoms with Gasteiger partial charge in [0, 0.05) is 19.2 Å². The number of halogens is 4. The Kier molecular flexibility index (Phi) is 8.58. The highest BCUT2D eigenvalue weighted by molar-refractivity contribution is 7.89. The number of ether oxygens (including phenoxy) is 1. The fraction of sp³-hybridized carbons (Fsp3) is 0.667. The molecule has 1 aliphatic heterocycles. The third kappa shape index (κ3) is 6.57. The van der Waals surface area contributed by atoms with Crippen LogP contribution in [-0.2, 0) is 10.0 Å². The van der Waals surface area contributed by atoms with E-state index in [9.17, 15) is 21.6 Å². The Bertz CT molecular complexity index is 648. The lowest BCUT2D eigenvalue weighted by Gasteiger charge is -2.31. The molecule has 0 amide bonds. The third-order valence-electron chi connectivity index (χ3n) is 3.99. The molecular weight excluding hydrogens is 395 g/mol. The largest absolute Gasteiger partial charge is 0.468 e. The minimum atomic E-state index is -4.47. The van der Waals surface area contributed by atoms with Crippen molar-refractivity contribution in [3.63, 3.8) is 0 Å². The van der Waals surface area contributed by atoms with Crippen LogP contribution in [0.1, 0.15) is 19.8 Å². The van der Waals surface area contributed by atoms with Crippen LogP contribution in [0.4, 0.5) is 13.2 Å². The van der Waals surface area contributed by atoms with Crippen LogP contribution in [0.25, 0.3) is 0 Å². The molecule has 0 radical (unpaired) electrons. The number of rotatable bonds is 7. The molecule has 0 aliphatic carbocycles.